The van der Waals surface area contributed by atoms with Gasteiger partial charge in [-0.05, 0) is 51.1 Å². The van der Waals surface area contributed by atoms with Gasteiger partial charge in [-0.25, -0.2) is 0 Å². The van der Waals surface area contributed by atoms with Gasteiger partial charge >= 0.3 is 0 Å². The average molecular weight is 268 g/mol. The summed E-state index contributed by atoms with van der Waals surface area (Å²) in [4.78, 5) is 2.40. The normalized spacial score (nSPS) is 30.0. The van der Waals surface area contributed by atoms with Gasteiger partial charge in [-0.2, -0.15) is 0 Å². The number of unbranched alkanes of at least 4 members (excludes halogenated alkanes) is 1. The van der Waals surface area contributed by atoms with E-state index in [1.54, 1.807) is 0 Å². The van der Waals surface area contributed by atoms with Crippen LogP contribution >= 0.6 is 0 Å². The molecule has 2 N–H and O–H groups in total. The van der Waals surface area contributed by atoms with Gasteiger partial charge in [0.15, 0.2) is 0 Å². The Labute approximate surface area is 118 Å². The van der Waals surface area contributed by atoms with Crippen LogP contribution in [0, 0.1) is 5.92 Å². The summed E-state index contributed by atoms with van der Waals surface area (Å²) in [6.45, 7) is 6.28. The van der Waals surface area contributed by atoms with Crippen molar-refractivity contribution in [2.24, 2.45) is 5.92 Å². The molecule has 1 saturated heterocycles. The van der Waals surface area contributed by atoms with Crippen LogP contribution in [0.4, 0.5) is 0 Å². The van der Waals surface area contributed by atoms with E-state index in [1.165, 1.54) is 64.5 Å². The van der Waals surface area contributed by atoms with Gasteiger partial charge < -0.3 is 15.3 Å². The first-order chi connectivity index (χ1) is 9.29. The van der Waals surface area contributed by atoms with Crippen molar-refractivity contribution in [3.63, 3.8) is 0 Å². The topological polar surface area (TPSA) is 35.5 Å². The highest BCUT2D eigenvalue weighted by molar-refractivity contribution is 4.84. The summed E-state index contributed by atoms with van der Waals surface area (Å²) >= 11 is 0. The number of aliphatic hydroxyl groups excluding tert-OH is 1. The number of hydrogen-bond acceptors (Lipinski definition) is 3. The van der Waals surface area contributed by atoms with E-state index in [4.69, 9.17) is 0 Å². The molecule has 1 aliphatic carbocycles. The third-order valence-corrected chi connectivity index (χ3v) is 4.87. The molecule has 3 atom stereocenters. The summed E-state index contributed by atoms with van der Waals surface area (Å²) in [7, 11) is 0. The zero-order chi connectivity index (χ0) is 13.5. The lowest BCUT2D eigenvalue weighted by molar-refractivity contribution is 0.118. The van der Waals surface area contributed by atoms with Gasteiger partial charge in [0.2, 0.25) is 0 Å². The third kappa shape index (κ3) is 5.05. The minimum absolute atomic E-state index is 0.189. The smallest absolute Gasteiger partial charge is 0.0791 e. The van der Waals surface area contributed by atoms with Crippen molar-refractivity contribution in [3.05, 3.63) is 0 Å². The summed E-state index contributed by atoms with van der Waals surface area (Å²) in [5.74, 6) is 0.860. The van der Waals surface area contributed by atoms with Crippen LogP contribution in [0.3, 0.4) is 0 Å². The number of nitrogens with zero attached hydrogens (tertiary/aromatic N) is 1. The summed E-state index contributed by atoms with van der Waals surface area (Å²) in [6, 6.07) is 0.666. The van der Waals surface area contributed by atoms with E-state index in [-0.39, 0.29) is 6.10 Å². The van der Waals surface area contributed by atoms with E-state index >= 15 is 0 Å². The maximum atomic E-state index is 10.1. The Morgan fingerprint density at radius 1 is 1.21 bits per heavy atom. The lowest BCUT2D eigenvalue weighted by Gasteiger charge is -2.24. The summed E-state index contributed by atoms with van der Waals surface area (Å²) in [5, 5.41) is 13.8. The van der Waals surface area contributed by atoms with Gasteiger partial charge in [0.25, 0.3) is 0 Å². The molecule has 112 valence electrons. The Hall–Kier alpha value is -0.120. The van der Waals surface area contributed by atoms with Crippen LogP contribution in [0.5, 0.6) is 0 Å². The molecule has 2 fully saturated rings. The molecule has 0 aromatic heterocycles. The molecule has 1 aliphatic heterocycles. The fourth-order valence-electron chi connectivity index (χ4n) is 3.73. The standard InChI is InChI=1S/C16H32N2O/c1-2-3-7-14-8-6-9-16(14)17-12-15(19)13-18-10-4-5-11-18/h14-17,19H,2-13H2,1H3. The van der Waals surface area contributed by atoms with Crippen molar-refractivity contribution < 1.29 is 5.11 Å². The number of nitrogens with one attached hydrogen (secondary N) is 1. The predicted octanol–water partition coefficient (Wildman–Crippen LogP) is 2.39. The molecule has 0 aromatic carbocycles. The molecular weight excluding hydrogens is 236 g/mol. The van der Waals surface area contributed by atoms with Crippen LogP contribution in [-0.4, -0.2) is 48.3 Å². The number of hydrogen-bond donors (Lipinski definition) is 2. The van der Waals surface area contributed by atoms with Gasteiger partial charge in [-0.3, -0.25) is 0 Å². The molecule has 1 saturated carbocycles. The highest BCUT2D eigenvalue weighted by Gasteiger charge is 2.26. The molecule has 3 nitrogen and oxygen atoms in total. The van der Waals surface area contributed by atoms with Crippen molar-refractivity contribution >= 4 is 0 Å². The van der Waals surface area contributed by atoms with E-state index in [9.17, 15) is 5.11 Å². The molecule has 2 rings (SSSR count). The van der Waals surface area contributed by atoms with E-state index < -0.39 is 0 Å². The maximum absolute atomic E-state index is 10.1. The quantitative estimate of drug-likeness (QED) is 0.709. The molecule has 0 radical (unpaired) electrons. The Balaban J connectivity index is 1.62. The van der Waals surface area contributed by atoms with E-state index in [1.807, 2.05) is 0 Å². The lowest BCUT2D eigenvalue weighted by atomic mass is 9.96. The van der Waals surface area contributed by atoms with Gasteiger partial charge in [-0.15, -0.1) is 0 Å². The number of β-amino-alcohol motifs (C(OH)–C–C–N with tert-alkyl or cyclic N) is 1. The number of aliphatic hydroxyl groups is 1. The second-order valence-electron chi connectivity index (χ2n) is 6.51. The Morgan fingerprint density at radius 3 is 2.74 bits per heavy atom. The minimum atomic E-state index is -0.189. The summed E-state index contributed by atoms with van der Waals surface area (Å²) < 4.78 is 0. The van der Waals surface area contributed by atoms with Crippen molar-refractivity contribution in [1.29, 1.82) is 0 Å². The highest BCUT2D eigenvalue weighted by Crippen LogP contribution is 2.29. The zero-order valence-corrected chi connectivity index (χ0v) is 12.6. The van der Waals surface area contributed by atoms with Gasteiger partial charge in [0.05, 0.1) is 6.10 Å². The van der Waals surface area contributed by atoms with Crippen LogP contribution in [0.15, 0.2) is 0 Å². The van der Waals surface area contributed by atoms with Crippen LogP contribution in [0.1, 0.15) is 58.3 Å². The molecule has 0 spiro atoms. The summed E-state index contributed by atoms with van der Waals surface area (Å²) in [5.41, 5.74) is 0. The molecule has 0 bridgehead atoms. The Kier molecular flexibility index (Phi) is 6.62. The first-order valence-corrected chi connectivity index (χ1v) is 8.43. The molecule has 3 unspecified atom stereocenters. The molecule has 1 heterocycles. The fourth-order valence-corrected chi connectivity index (χ4v) is 3.73. The molecule has 2 aliphatic rings. The average Bonchev–Trinajstić information content (AvgIpc) is 3.05. The third-order valence-electron chi connectivity index (χ3n) is 4.87. The van der Waals surface area contributed by atoms with Crippen molar-refractivity contribution in [1.82, 2.24) is 10.2 Å². The molecule has 0 amide bonds. The number of rotatable bonds is 8. The van der Waals surface area contributed by atoms with Gasteiger partial charge in [-0.1, -0.05) is 26.2 Å². The second kappa shape index (κ2) is 8.23. The molecular formula is C16H32N2O. The van der Waals surface area contributed by atoms with Crippen molar-refractivity contribution in [2.75, 3.05) is 26.2 Å². The van der Waals surface area contributed by atoms with E-state index in [2.05, 4.69) is 17.1 Å². The lowest BCUT2D eigenvalue weighted by Crippen LogP contribution is -2.42. The highest BCUT2D eigenvalue weighted by atomic mass is 16.3. The second-order valence-corrected chi connectivity index (χ2v) is 6.51. The van der Waals surface area contributed by atoms with Crippen molar-refractivity contribution in [2.45, 2.75) is 70.4 Å². The first kappa shape index (κ1) is 15.3. The Bertz CT molecular complexity index is 241. The minimum Gasteiger partial charge on any atom is -0.390 e. The van der Waals surface area contributed by atoms with E-state index in [0.717, 1.165) is 19.0 Å². The first-order valence-electron chi connectivity index (χ1n) is 8.43. The van der Waals surface area contributed by atoms with Crippen molar-refractivity contribution in [3.8, 4) is 0 Å². The predicted molar refractivity (Wildman–Crippen MR) is 80.3 cm³/mol. The molecule has 0 aromatic rings. The van der Waals surface area contributed by atoms with Crippen LogP contribution in [-0.2, 0) is 0 Å². The van der Waals surface area contributed by atoms with E-state index in [0.29, 0.717) is 6.04 Å². The Morgan fingerprint density at radius 2 is 2.00 bits per heavy atom. The fraction of sp³-hybridized carbons (Fsp3) is 1.00. The molecule has 3 heteroatoms. The monoisotopic (exact) mass is 268 g/mol. The SMILES string of the molecule is CCCCC1CCCC1NCC(O)CN1CCCC1. The van der Waals surface area contributed by atoms with Gasteiger partial charge in [0, 0.05) is 19.1 Å². The van der Waals surface area contributed by atoms with Crippen LogP contribution in [0.2, 0.25) is 0 Å². The number of likely N-dealkylation sites (tertiary alicyclic amines) is 1. The van der Waals surface area contributed by atoms with Crippen LogP contribution < -0.4 is 5.32 Å². The zero-order valence-electron chi connectivity index (χ0n) is 12.6. The largest absolute Gasteiger partial charge is 0.390 e. The maximum Gasteiger partial charge on any atom is 0.0791 e. The van der Waals surface area contributed by atoms with Gasteiger partial charge in [0.1, 0.15) is 0 Å². The molecule has 19 heavy (non-hydrogen) atoms. The summed E-state index contributed by atoms with van der Waals surface area (Å²) in [6.07, 6.45) is 10.5. The van der Waals surface area contributed by atoms with Crippen LogP contribution in [0.25, 0.3) is 0 Å².